The van der Waals surface area contributed by atoms with Crippen LogP contribution in [0.5, 0.6) is 17.2 Å². The van der Waals surface area contributed by atoms with Gasteiger partial charge in [0.2, 0.25) is 6.79 Å². The van der Waals surface area contributed by atoms with Crippen molar-refractivity contribution in [3.8, 4) is 17.2 Å². The van der Waals surface area contributed by atoms with Crippen LogP contribution in [0.15, 0.2) is 84.0 Å². The minimum Gasteiger partial charge on any atom is -0.488 e. The van der Waals surface area contributed by atoms with Gasteiger partial charge in [-0.15, -0.1) is 0 Å². The van der Waals surface area contributed by atoms with Gasteiger partial charge in [-0.25, -0.2) is 9.82 Å². The molecule has 4 aromatic carbocycles. The molecule has 1 aliphatic rings. The van der Waals surface area contributed by atoms with Crippen molar-refractivity contribution in [1.82, 2.24) is 5.43 Å². The number of carbonyl (C=O) groups excluding carboxylic acids is 1. The van der Waals surface area contributed by atoms with Crippen LogP contribution in [0.2, 0.25) is 0 Å². The second-order valence-electron chi connectivity index (χ2n) is 7.38. The number of halogens is 1. The van der Waals surface area contributed by atoms with Gasteiger partial charge in [-0.1, -0.05) is 42.5 Å². The molecule has 0 aliphatic carbocycles. The maximum Gasteiger partial charge on any atom is 0.271 e. The van der Waals surface area contributed by atoms with Crippen LogP contribution in [-0.4, -0.2) is 18.9 Å². The van der Waals surface area contributed by atoms with Gasteiger partial charge in [0.25, 0.3) is 5.91 Å². The average Bonchev–Trinajstić information content (AvgIpc) is 3.32. The van der Waals surface area contributed by atoms with Gasteiger partial charge in [-0.2, -0.15) is 5.10 Å². The first-order valence-corrected chi connectivity index (χ1v) is 10.3. The van der Waals surface area contributed by atoms with Crippen LogP contribution in [-0.2, 0) is 6.61 Å². The summed E-state index contributed by atoms with van der Waals surface area (Å²) in [6, 6.07) is 22.7. The SMILES string of the molecule is O=C(N/N=C/c1c(OCc2ccc(F)cc2)ccc2ccccc12)c1ccc2c(c1)OCO2. The van der Waals surface area contributed by atoms with Gasteiger partial charge in [0.15, 0.2) is 11.5 Å². The number of amides is 1. The van der Waals surface area contributed by atoms with Crippen LogP contribution >= 0.6 is 0 Å². The van der Waals surface area contributed by atoms with E-state index in [9.17, 15) is 9.18 Å². The van der Waals surface area contributed by atoms with Crippen LogP contribution in [0.25, 0.3) is 10.8 Å². The van der Waals surface area contributed by atoms with E-state index in [1.54, 1.807) is 36.5 Å². The van der Waals surface area contributed by atoms with E-state index in [4.69, 9.17) is 14.2 Å². The molecular weight excluding hydrogens is 423 g/mol. The summed E-state index contributed by atoms with van der Waals surface area (Å²) in [5.74, 6) is 1.05. The third-order valence-electron chi connectivity index (χ3n) is 5.23. The van der Waals surface area contributed by atoms with Crippen LogP contribution in [0.1, 0.15) is 21.5 Å². The van der Waals surface area contributed by atoms with E-state index in [0.717, 1.165) is 21.9 Å². The predicted octanol–water partition coefficient (Wildman–Crippen LogP) is 5.05. The van der Waals surface area contributed by atoms with Crippen LogP contribution < -0.4 is 19.6 Å². The van der Waals surface area contributed by atoms with Crippen molar-refractivity contribution in [3.05, 3.63) is 101 Å². The van der Waals surface area contributed by atoms with Gasteiger partial charge in [0.1, 0.15) is 18.2 Å². The molecule has 0 saturated heterocycles. The van der Waals surface area contributed by atoms with Crippen molar-refractivity contribution >= 4 is 22.9 Å². The van der Waals surface area contributed by atoms with E-state index >= 15 is 0 Å². The fraction of sp³-hybridized carbons (Fsp3) is 0.0769. The molecule has 0 saturated carbocycles. The van der Waals surface area contributed by atoms with Crippen molar-refractivity contribution in [1.29, 1.82) is 0 Å². The highest BCUT2D eigenvalue weighted by Crippen LogP contribution is 2.32. The second-order valence-corrected chi connectivity index (χ2v) is 7.38. The van der Waals surface area contributed by atoms with Crippen molar-refractivity contribution in [2.45, 2.75) is 6.61 Å². The molecule has 6 nitrogen and oxygen atoms in total. The topological polar surface area (TPSA) is 69.2 Å². The fourth-order valence-corrected chi connectivity index (χ4v) is 3.53. The van der Waals surface area contributed by atoms with E-state index in [-0.39, 0.29) is 25.1 Å². The number of rotatable bonds is 6. The van der Waals surface area contributed by atoms with Gasteiger partial charge >= 0.3 is 0 Å². The fourth-order valence-electron chi connectivity index (χ4n) is 3.53. The lowest BCUT2D eigenvalue weighted by atomic mass is 10.0. The number of hydrogen-bond acceptors (Lipinski definition) is 5. The van der Waals surface area contributed by atoms with Crippen molar-refractivity contribution < 1.29 is 23.4 Å². The van der Waals surface area contributed by atoms with Crippen molar-refractivity contribution in [3.63, 3.8) is 0 Å². The Morgan fingerprint density at radius 2 is 1.82 bits per heavy atom. The lowest BCUT2D eigenvalue weighted by Crippen LogP contribution is -2.17. The molecule has 0 atom stereocenters. The number of ether oxygens (including phenoxy) is 3. The number of nitrogens with one attached hydrogen (secondary N) is 1. The minimum absolute atomic E-state index is 0.139. The molecule has 4 aromatic rings. The molecule has 0 aromatic heterocycles. The molecule has 1 amide bonds. The summed E-state index contributed by atoms with van der Waals surface area (Å²) in [6.45, 7) is 0.406. The Kier molecular flexibility index (Phi) is 5.59. The molecule has 1 aliphatic heterocycles. The van der Waals surface area contributed by atoms with E-state index in [1.807, 2.05) is 36.4 Å². The highest BCUT2D eigenvalue weighted by atomic mass is 19.1. The number of hydrazone groups is 1. The standard InChI is InChI=1S/C26H19FN2O4/c27-20-9-5-17(6-10-20)15-31-23-11-7-18-3-1-2-4-21(18)22(23)14-28-29-26(30)19-8-12-24-25(13-19)33-16-32-24/h1-14H,15-16H2,(H,29,30)/b28-14+. The first-order chi connectivity index (χ1) is 16.2. The zero-order chi connectivity index (χ0) is 22.6. The van der Waals surface area contributed by atoms with E-state index in [2.05, 4.69) is 10.5 Å². The number of fused-ring (bicyclic) bond motifs is 2. The molecule has 33 heavy (non-hydrogen) atoms. The smallest absolute Gasteiger partial charge is 0.271 e. The Morgan fingerprint density at radius 1 is 1.00 bits per heavy atom. The van der Waals surface area contributed by atoms with Crippen LogP contribution in [0.3, 0.4) is 0 Å². The average molecular weight is 442 g/mol. The highest BCUT2D eigenvalue weighted by molar-refractivity contribution is 6.03. The highest BCUT2D eigenvalue weighted by Gasteiger charge is 2.16. The zero-order valence-electron chi connectivity index (χ0n) is 17.5. The van der Waals surface area contributed by atoms with Crippen LogP contribution in [0.4, 0.5) is 4.39 Å². The minimum atomic E-state index is -0.376. The molecule has 0 radical (unpaired) electrons. The summed E-state index contributed by atoms with van der Waals surface area (Å²) in [5.41, 5.74) is 4.51. The van der Waals surface area contributed by atoms with Gasteiger partial charge in [0, 0.05) is 11.1 Å². The first-order valence-electron chi connectivity index (χ1n) is 10.3. The number of hydrogen-bond donors (Lipinski definition) is 1. The summed E-state index contributed by atoms with van der Waals surface area (Å²) in [7, 11) is 0. The number of benzene rings is 4. The maximum atomic E-state index is 13.2. The maximum absolute atomic E-state index is 13.2. The van der Waals surface area contributed by atoms with Gasteiger partial charge in [-0.3, -0.25) is 4.79 Å². The summed E-state index contributed by atoms with van der Waals surface area (Å²) < 4.78 is 29.8. The molecule has 0 spiro atoms. The Hall–Kier alpha value is -4.39. The third kappa shape index (κ3) is 4.48. The number of nitrogens with zero attached hydrogens (tertiary/aromatic N) is 1. The molecule has 1 heterocycles. The van der Waals surface area contributed by atoms with E-state index in [0.29, 0.717) is 22.8 Å². The molecule has 7 heteroatoms. The van der Waals surface area contributed by atoms with E-state index in [1.165, 1.54) is 12.1 Å². The molecule has 164 valence electrons. The van der Waals surface area contributed by atoms with Crippen molar-refractivity contribution in [2.24, 2.45) is 5.10 Å². The summed E-state index contributed by atoms with van der Waals surface area (Å²) in [6.07, 6.45) is 1.56. The summed E-state index contributed by atoms with van der Waals surface area (Å²) in [4.78, 5) is 12.5. The summed E-state index contributed by atoms with van der Waals surface area (Å²) >= 11 is 0. The Labute approximate surface area is 189 Å². The normalized spacial score (nSPS) is 12.3. The lowest BCUT2D eigenvalue weighted by Gasteiger charge is -2.12. The Morgan fingerprint density at radius 3 is 2.70 bits per heavy atom. The molecule has 0 unspecified atom stereocenters. The van der Waals surface area contributed by atoms with Crippen LogP contribution in [0, 0.1) is 5.82 Å². The van der Waals surface area contributed by atoms with Gasteiger partial charge in [0.05, 0.1) is 6.21 Å². The predicted molar refractivity (Wildman–Crippen MR) is 122 cm³/mol. The van der Waals surface area contributed by atoms with Gasteiger partial charge in [-0.05, 0) is 52.7 Å². The van der Waals surface area contributed by atoms with Crippen molar-refractivity contribution in [2.75, 3.05) is 6.79 Å². The lowest BCUT2D eigenvalue weighted by molar-refractivity contribution is 0.0954. The third-order valence-corrected chi connectivity index (χ3v) is 5.23. The monoisotopic (exact) mass is 442 g/mol. The molecule has 1 N–H and O–H groups in total. The molecule has 0 bridgehead atoms. The zero-order valence-corrected chi connectivity index (χ0v) is 17.5. The second kappa shape index (κ2) is 9.00. The van der Waals surface area contributed by atoms with E-state index < -0.39 is 0 Å². The first kappa shape index (κ1) is 20.5. The summed E-state index contributed by atoms with van der Waals surface area (Å²) in [5, 5.41) is 6.10. The Bertz CT molecular complexity index is 1350. The molecular formula is C26H19FN2O4. The number of carbonyl (C=O) groups is 1. The van der Waals surface area contributed by atoms with Gasteiger partial charge < -0.3 is 14.2 Å². The molecule has 5 rings (SSSR count). The quantitative estimate of drug-likeness (QED) is 0.335. The molecule has 0 fully saturated rings. The Balaban J connectivity index is 1.37. The largest absolute Gasteiger partial charge is 0.488 e.